The van der Waals surface area contributed by atoms with Gasteiger partial charge in [-0.25, -0.2) is 9.69 Å². The zero-order valence-corrected chi connectivity index (χ0v) is 9.23. The van der Waals surface area contributed by atoms with Crippen molar-refractivity contribution in [2.24, 2.45) is 0 Å². The predicted octanol–water partition coefficient (Wildman–Crippen LogP) is 0.855. The number of carboxylic acid groups (broad SMARTS) is 1. The van der Waals surface area contributed by atoms with Crippen molar-refractivity contribution >= 4 is 18.0 Å². The third kappa shape index (κ3) is 5.66. The van der Waals surface area contributed by atoms with Crippen molar-refractivity contribution in [3.8, 4) is 0 Å². The zero-order valence-electron chi connectivity index (χ0n) is 9.23. The Balaban J connectivity index is 4.57. The van der Waals surface area contributed by atoms with E-state index >= 15 is 0 Å². The molecule has 0 aliphatic carbocycles. The number of hydrogen-bond donors (Lipinski definition) is 1. The topological polar surface area (TPSA) is 83.9 Å². The first-order chi connectivity index (χ1) is 6.63. The van der Waals surface area contributed by atoms with Crippen molar-refractivity contribution in [3.05, 3.63) is 0 Å². The monoisotopic (exact) mass is 217 g/mol. The van der Waals surface area contributed by atoms with E-state index in [0.717, 1.165) is 6.92 Å². The summed E-state index contributed by atoms with van der Waals surface area (Å²) in [4.78, 5) is 33.2. The number of ether oxygens (including phenoxy) is 1. The normalized spacial score (nSPS) is 10.7. The first kappa shape index (κ1) is 13.4. The molecule has 0 saturated heterocycles. The van der Waals surface area contributed by atoms with E-state index in [1.807, 2.05) is 0 Å². The van der Waals surface area contributed by atoms with Gasteiger partial charge in [0.05, 0.1) is 0 Å². The van der Waals surface area contributed by atoms with Crippen LogP contribution in [0.4, 0.5) is 4.79 Å². The summed E-state index contributed by atoms with van der Waals surface area (Å²) in [5.74, 6) is -1.93. The molecule has 6 heteroatoms. The number of amides is 2. The smallest absolute Gasteiger partial charge is 0.417 e. The van der Waals surface area contributed by atoms with Crippen molar-refractivity contribution < 1.29 is 24.2 Å². The number of carbonyl (C=O) groups excluding carboxylic acids is 2. The Bertz CT molecular complexity index is 279. The fourth-order valence-corrected chi connectivity index (χ4v) is 0.757. The molecule has 0 spiro atoms. The van der Waals surface area contributed by atoms with Crippen LogP contribution < -0.4 is 0 Å². The number of carbonyl (C=O) groups is 3. The molecule has 2 amide bonds. The lowest BCUT2D eigenvalue weighted by atomic mass is 10.2. The van der Waals surface area contributed by atoms with Gasteiger partial charge in [0.1, 0.15) is 12.1 Å². The third-order valence-corrected chi connectivity index (χ3v) is 1.29. The molecule has 0 aromatic rings. The summed E-state index contributed by atoms with van der Waals surface area (Å²) < 4.78 is 4.86. The molecule has 15 heavy (non-hydrogen) atoms. The van der Waals surface area contributed by atoms with E-state index in [1.165, 1.54) is 0 Å². The van der Waals surface area contributed by atoms with Crippen molar-refractivity contribution in [1.82, 2.24) is 4.90 Å². The maximum atomic E-state index is 11.4. The lowest BCUT2D eigenvalue weighted by Gasteiger charge is -2.24. The van der Waals surface area contributed by atoms with Gasteiger partial charge in [0.2, 0.25) is 5.91 Å². The van der Waals surface area contributed by atoms with E-state index in [-0.39, 0.29) is 0 Å². The molecule has 0 heterocycles. The van der Waals surface area contributed by atoms with Crippen LogP contribution in [0, 0.1) is 0 Å². The minimum atomic E-state index is -1.27. The number of aliphatic carboxylic acids is 1. The van der Waals surface area contributed by atoms with E-state index in [9.17, 15) is 14.4 Å². The van der Waals surface area contributed by atoms with Crippen LogP contribution in [0.15, 0.2) is 0 Å². The number of imide groups is 1. The van der Waals surface area contributed by atoms with Crippen LogP contribution in [-0.4, -0.2) is 40.1 Å². The Morgan fingerprint density at radius 3 is 2.00 bits per heavy atom. The average Bonchev–Trinajstić information content (AvgIpc) is 1.95. The van der Waals surface area contributed by atoms with Crippen LogP contribution in [0.5, 0.6) is 0 Å². The summed E-state index contributed by atoms with van der Waals surface area (Å²) in [6.07, 6.45) is -0.947. The molecule has 0 radical (unpaired) electrons. The number of nitrogens with zero attached hydrogens (tertiary/aromatic N) is 1. The van der Waals surface area contributed by atoms with Gasteiger partial charge in [0, 0.05) is 6.92 Å². The van der Waals surface area contributed by atoms with Gasteiger partial charge in [-0.2, -0.15) is 0 Å². The summed E-state index contributed by atoms with van der Waals surface area (Å²) in [6, 6.07) is 0. The van der Waals surface area contributed by atoms with Crippen LogP contribution >= 0.6 is 0 Å². The van der Waals surface area contributed by atoms with Crippen molar-refractivity contribution in [3.63, 3.8) is 0 Å². The Kier molecular flexibility index (Phi) is 4.26. The summed E-state index contributed by atoms with van der Waals surface area (Å²) in [6.45, 7) is 5.30. The lowest BCUT2D eigenvalue weighted by Crippen LogP contribution is -2.42. The lowest BCUT2D eigenvalue weighted by molar-refractivity contribution is -0.143. The van der Waals surface area contributed by atoms with Crippen LogP contribution in [0.2, 0.25) is 0 Å². The highest BCUT2D eigenvalue weighted by molar-refractivity contribution is 5.93. The highest BCUT2D eigenvalue weighted by Crippen LogP contribution is 2.09. The minimum absolute atomic E-state index is 0.535. The van der Waals surface area contributed by atoms with Gasteiger partial charge in [-0.05, 0) is 20.8 Å². The number of hydrogen-bond acceptors (Lipinski definition) is 4. The summed E-state index contributed by atoms with van der Waals surface area (Å²) in [5.41, 5.74) is -0.761. The second-order valence-corrected chi connectivity index (χ2v) is 3.98. The average molecular weight is 217 g/mol. The SMILES string of the molecule is CC(=O)N(CC(=O)O)C(=O)OC(C)(C)C. The number of carboxylic acids is 1. The molecule has 86 valence electrons. The Morgan fingerprint density at radius 2 is 1.73 bits per heavy atom. The Labute approximate surface area is 87.8 Å². The van der Waals surface area contributed by atoms with Crippen LogP contribution in [0.1, 0.15) is 27.7 Å². The molecule has 0 aromatic heterocycles. The molecule has 0 aromatic carbocycles. The number of rotatable bonds is 2. The van der Waals surface area contributed by atoms with Gasteiger partial charge in [-0.1, -0.05) is 0 Å². The first-order valence-corrected chi connectivity index (χ1v) is 4.36. The molecule has 0 aliphatic heterocycles. The van der Waals surface area contributed by atoms with Crippen molar-refractivity contribution in [2.75, 3.05) is 6.54 Å². The fourth-order valence-electron chi connectivity index (χ4n) is 0.757. The van der Waals surface area contributed by atoms with Gasteiger partial charge in [-0.15, -0.1) is 0 Å². The fraction of sp³-hybridized carbons (Fsp3) is 0.667. The highest BCUT2D eigenvalue weighted by Gasteiger charge is 2.26. The highest BCUT2D eigenvalue weighted by atomic mass is 16.6. The molecular weight excluding hydrogens is 202 g/mol. The van der Waals surface area contributed by atoms with Crippen LogP contribution in [0.25, 0.3) is 0 Å². The molecular formula is C9H15NO5. The van der Waals surface area contributed by atoms with Crippen molar-refractivity contribution in [2.45, 2.75) is 33.3 Å². The molecule has 0 aliphatic rings. The van der Waals surface area contributed by atoms with E-state index in [4.69, 9.17) is 9.84 Å². The van der Waals surface area contributed by atoms with Crippen LogP contribution in [0.3, 0.4) is 0 Å². The van der Waals surface area contributed by atoms with Crippen molar-refractivity contribution in [1.29, 1.82) is 0 Å². The van der Waals surface area contributed by atoms with E-state index in [1.54, 1.807) is 20.8 Å². The second kappa shape index (κ2) is 4.77. The Morgan fingerprint density at radius 1 is 1.27 bits per heavy atom. The summed E-state index contributed by atoms with van der Waals surface area (Å²) in [7, 11) is 0. The van der Waals surface area contributed by atoms with Gasteiger partial charge < -0.3 is 9.84 Å². The molecule has 0 unspecified atom stereocenters. The molecule has 0 rings (SSSR count). The predicted molar refractivity (Wildman–Crippen MR) is 51.3 cm³/mol. The van der Waals surface area contributed by atoms with Gasteiger partial charge >= 0.3 is 12.1 Å². The van der Waals surface area contributed by atoms with E-state index in [2.05, 4.69) is 0 Å². The van der Waals surface area contributed by atoms with Crippen LogP contribution in [-0.2, 0) is 14.3 Å². The molecule has 6 nitrogen and oxygen atoms in total. The van der Waals surface area contributed by atoms with E-state index in [0.29, 0.717) is 4.90 Å². The van der Waals surface area contributed by atoms with Gasteiger partial charge in [0.15, 0.2) is 0 Å². The third-order valence-electron chi connectivity index (χ3n) is 1.29. The second-order valence-electron chi connectivity index (χ2n) is 3.98. The zero-order chi connectivity index (χ0) is 12.2. The largest absolute Gasteiger partial charge is 0.480 e. The Hall–Kier alpha value is -1.59. The summed E-state index contributed by atoms with van der Waals surface area (Å²) >= 11 is 0. The maximum absolute atomic E-state index is 11.4. The molecule has 1 N–H and O–H groups in total. The quantitative estimate of drug-likeness (QED) is 0.741. The van der Waals surface area contributed by atoms with Gasteiger partial charge in [0.25, 0.3) is 0 Å². The first-order valence-electron chi connectivity index (χ1n) is 4.36. The van der Waals surface area contributed by atoms with E-state index < -0.39 is 30.1 Å². The summed E-state index contributed by atoms with van der Waals surface area (Å²) in [5, 5.41) is 8.48. The van der Waals surface area contributed by atoms with Gasteiger partial charge in [-0.3, -0.25) is 9.59 Å². The molecule has 0 atom stereocenters. The molecule has 0 fully saturated rings. The maximum Gasteiger partial charge on any atom is 0.417 e. The molecule has 0 bridgehead atoms. The minimum Gasteiger partial charge on any atom is -0.480 e. The molecule has 0 saturated carbocycles. The standard InChI is InChI=1S/C9H15NO5/c1-6(11)10(5-7(12)13)8(14)15-9(2,3)4/h5H2,1-4H3,(H,12,13).